The van der Waals surface area contributed by atoms with E-state index in [0.29, 0.717) is 19.3 Å². The minimum Gasteiger partial charge on any atom is -0.342 e. The van der Waals surface area contributed by atoms with E-state index in [4.69, 9.17) is 0 Å². The number of carbonyl (C=O) groups is 2. The van der Waals surface area contributed by atoms with Gasteiger partial charge in [-0.25, -0.2) is 0 Å². The summed E-state index contributed by atoms with van der Waals surface area (Å²) in [7, 11) is 0. The van der Waals surface area contributed by atoms with Gasteiger partial charge in [0.25, 0.3) is 0 Å². The van der Waals surface area contributed by atoms with Crippen LogP contribution in [0.2, 0.25) is 0 Å². The molecule has 1 aromatic carbocycles. The van der Waals surface area contributed by atoms with Crippen LogP contribution in [0.15, 0.2) is 42.5 Å². The molecule has 0 saturated carbocycles. The third kappa shape index (κ3) is 2.33. The molecule has 1 spiro atoms. The summed E-state index contributed by atoms with van der Waals surface area (Å²) < 4.78 is 0. The minimum atomic E-state index is -0.723. The largest absolute Gasteiger partial charge is 0.342 e. The van der Waals surface area contributed by atoms with Gasteiger partial charge in [-0.2, -0.15) is 0 Å². The van der Waals surface area contributed by atoms with Crippen molar-refractivity contribution in [2.24, 2.45) is 0 Å². The second-order valence-corrected chi connectivity index (χ2v) is 5.50. The Hall–Kier alpha value is -2.10. The number of hydrogen-bond donors (Lipinski definition) is 2. The van der Waals surface area contributed by atoms with Crippen molar-refractivity contribution in [3.8, 4) is 0 Å². The molecule has 4 nitrogen and oxygen atoms in total. The predicted molar refractivity (Wildman–Crippen MR) is 75.9 cm³/mol. The first-order chi connectivity index (χ1) is 9.70. The molecule has 104 valence electrons. The predicted octanol–water partition coefficient (Wildman–Crippen LogP) is 1.32. The Kier molecular flexibility index (Phi) is 3.30. The highest BCUT2D eigenvalue weighted by molar-refractivity contribution is 6.00. The van der Waals surface area contributed by atoms with Gasteiger partial charge in [-0.1, -0.05) is 42.5 Å². The van der Waals surface area contributed by atoms with Gasteiger partial charge in [0.1, 0.15) is 11.6 Å². The van der Waals surface area contributed by atoms with Crippen molar-refractivity contribution in [2.45, 2.75) is 37.3 Å². The molecule has 1 aliphatic carbocycles. The maximum absolute atomic E-state index is 12.4. The fourth-order valence-corrected chi connectivity index (χ4v) is 2.89. The molecule has 1 fully saturated rings. The number of carbonyl (C=O) groups excluding carboxylic acids is 2. The lowest BCUT2D eigenvalue weighted by Gasteiger charge is -2.40. The molecule has 2 N–H and O–H groups in total. The highest BCUT2D eigenvalue weighted by Gasteiger charge is 2.45. The molecule has 1 aromatic rings. The average molecular weight is 270 g/mol. The molecule has 1 heterocycles. The van der Waals surface area contributed by atoms with Crippen LogP contribution in [0.5, 0.6) is 0 Å². The summed E-state index contributed by atoms with van der Waals surface area (Å²) >= 11 is 0. The molecule has 20 heavy (non-hydrogen) atoms. The van der Waals surface area contributed by atoms with Crippen LogP contribution in [-0.4, -0.2) is 23.4 Å². The van der Waals surface area contributed by atoms with Crippen LogP contribution in [-0.2, 0) is 16.0 Å². The smallest absolute Gasteiger partial charge is 0.246 e. The van der Waals surface area contributed by atoms with Crippen LogP contribution in [0.1, 0.15) is 24.8 Å². The van der Waals surface area contributed by atoms with Crippen molar-refractivity contribution < 1.29 is 9.59 Å². The molecule has 0 radical (unpaired) electrons. The number of allylic oxidation sites excluding steroid dienone is 1. The van der Waals surface area contributed by atoms with E-state index in [1.54, 1.807) is 0 Å². The van der Waals surface area contributed by atoms with Crippen molar-refractivity contribution in [2.75, 3.05) is 0 Å². The fourth-order valence-electron chi connectivity index (χ4n) is 2.89. The third-order valence-corrected chi connectivity index (χ3v) is 4.07. The summed E-state index contributed by atoms with van der Waals surface area (Å²) in [6, 6.07) is 9.27. The van der Waals surface area contributed by atoms with Gasteiger partial charge in [-0.15, -0.1) is 0 Å². The van der Waals surface area contributed by atoms with Crippen molar-refractivity contribution in [3.05, 3.63) is 48.0 Å². The lowest BCUT2D eigenvalue weighted by atomic mass is 9.82. The minimum absolute atomic E-state index is 0.0534. The second-order valence-electron chi connectivity index (χ2n) is 5.50. The second kappa shape index (κ2) is 5.12. The summed E-state index contributed by atoms with van der Waals surface area (Å²) in [6.07, 6.45) is 6.66. The van der Waals surface area contributed by atoms with Crippen LogP contribution in [0.4, 0.5) is 0 Å². The molecule has 2 aliphatic rings. The summed E-state index contributed by atoms with van der Waals surface area (Å²) in [4.78, 5) is 24.6. The molecule has 3 rings (SSSR count). The maximum atomic E-state index is 12.4. The van der Waals surface area contributed by atoms with E-state index in [-0.39, 0.29) is 11.8 Å². The van der Waals surface area contributed by atoms with E-state index in [1.807, 2.05) is 36.4 Å². The van der Waals surface area contributed by atoms with E-state index < -0.39 is 11.6 Å². The molecule has 4 heteroatoms. The fraction of sp³-hybridized carbons (Fsp3) is 0.375. The average Bonchev–Trinajstić information content (AvgIpc) is 2.47. The lowest BCUT2D eigenvalue weighted by molar-refractivity contribution is -0.142. The number of rotatable bonds is 2. The molecular formula is C16H18N2O2. The van der Waals surface area contributed by atoms with Crippen LogP contribution in [0.25, 0.3) is 0 Å². The van der Waals surface area contributed by atoms with Crippen LogP contribution in [0, 0.1) is 0 Å². The Labute approximate surface area is 118 Å². The number of hydrogen-bond acceptors (Lipinski definition) is 2. The summed E-state index contributed by atoms with van der Waals surface area (Å²) in [6.45, 7) is 0. The molecule has 2 atom stereocenters. The van der Waals surface area contributed by atoms with Gasteiger partial charge in [-0.3, -0.25) is 9.59 Å². The lowest BCUT2D eigenvalue weighted by Crippen LogP contribution is -2.69. The molecule has 1 saturated heterocycles. The molecule has 0 aromatic heterocycles. The van der Waals surface area contributed by atoms with E-state index in [1.165, 1.54) is 0 Å². The first kappa shape index (κ1) is 12.9. The van der Waals surface area contributed by atoms with Crippen molar-refractivity contribution in [1.82, 2.24) is 10.6 Å². The van der Waals surface area contributed by atoms with E-state index in [9.17, 15) is 9.59 Å². The molecular weight excluding hydrogens is 252 g/mol. The van der Waals surface area contributed by atoms with E-state index in [0.717, 1.165) is 12.0 Å². The zero-order valence-corrected chi connectivity index (χ0v) is 11.3. The van der Waals surface area contributed by atoms with Crippen LogP contribution >= 0.6 is 0 Å². The Bertz CT molecular complexity index is 553. The number of amides is 2. The monoisotopic (exact) mass is 270 g/mol. The quantitative estimate of drug-likeness (QED) is 0.796. The van der Waals surface area contributed by atoms with Crippen molar-refractivity contribution in [3.63, 3.8) is 0 Å². The molecule has 1 aliphatic heterocycles. The highest BCUT2D eigenvalue weighted by Crippen LogP contribution is 2.26. The summed E-state index contributed by atoms with van der Waals surface area (Å²) in [5, 5.41) is 5.84. The van der Waals surface area contributed by atoms with E-state index >= 15 is 0 Å². The first-order valence-electron chi connectivity index (χ1n) is 7.02. The Balaban J connectivity index is 1.73. The number of nitrogens with one attached hydrogen (secondary N) is 2. The van der Waals surface area contributed by atoms with Gasteiger partial charge in [0.05, 0.1) is 0 Å². The first-order valence-corrected chi connectivity index (χ1v) is 7.02. The Morgan fingerprint density at radius 3 is 2.65 bits per heavy atom. The number of benzene rings is 1. The maximum Gasteiger partial charge on any atom is 0.246 e. The summed E-state index contributed by atoms with van der Waals surface area (Å²) in [5.41, 5.74) is 0.325. The third-order valence-electron chi connectivity index (χ3n) is 4.07. The van der Waals surface area contributed by atoms with Gasteiger partial charge < -0.3 is 10.6 Å². The standard InChI is InChI=1S/C16H18N2O2/c19-14-13(11-12-7-3-1-4-8-12)17-15(20)16(18-14)9-5-2-6-10-16/h1-5,7-8,13H,6,9-11H2,(H,17,20)(H,18,19)/t13-,16+/m0/s1. The van der Waals surface area contributed by atoms with Gasteiger partial charge in [0.15, 0.2) is 0 Å². The topological polar surface area (TPSA) is 58.2 Å². The Morgan fingerprint density at radius 2 is 1.95 bits per heavy atom. The molecule has 0 bridgehead atoms. The molecule has 2 amide bonds. The van der Waals surface area contributed by atoms with E-state index in [2.05, 4.69) is 16.7 Å². The van der Waals surface area contributed by atoms with Gasteiger partial charge in [0.2, 0.25) is 11.8 Å². The van der Waals surface area contributed by atoms with Crippen molar-refractivity contribution in [1.29, 1.82) is 0 Å². The number of piperazine rings is 1. The highest BCUT2D eigenvalue weighted by atomic mass is 16.2. The zero-order valence-electron chi connectivity index (χ0n) is 11.3. The van der Waals surface area contributed by atoms with Gasteiger partial charge >= 0.3 is 0 Å². The Morgan fingerprint density at radius 1 is 1.15 bits per heavy atom. The molecule has 0 unspecified atom stereocenters. The SMILES string of the molecule is O=C1N[C@@]2(CC=CCC2)C(=O)N[C@H]1Cc1ccccc1. The normalized spacial score (nSPS) is 29.1. The summed E-state index contributed by atoms with van der Waals surface area (Å²) in [5.74, 6) is -0.133. The van der Waals surface area contributed by atoms with Crippen LogP contribution < -0.4 is 10.6 Å². The van der Waals surface area contributed by atoms with Gasteiger partial charge in [0, 0.05) is 6.42 Å². The van der Waals surface area contributed by atoms with Gasteiger partial charge in [-0.05, 0) is 24.8 Å². The van der Waals surface area contributed by atoms with Crippen LogP contribution in [0.3, 0.4) is 0 Å². The van der Waals surface area contributed by atoms with Crippen molar-refractivity contribution >= 4 is 11.8 Å². The zero-order chi connectivity index (χ0) is 14.0.